The van der Waals surface area contributed by atoms with Crippen molar-refractivity contribution in [3.05, 3.63) is 35.6 Å². The van der Waals surface area contributed by atoms with Gasteiger partial charge in [0.05, 0.1) is 0 Å². The van der Waals surface area contributed by atoms with Gasteiger partial charge in [-0.1, -0.05) is 13.0 Å². The first-order valence-electron chi connectivity index (χ1n) is 7.64. The lowest BCUT2D eigenvalue weighted by molar-refractivity contribution is 0.0556. The van der Waals surface area contributed by atoms with E-state index in [2.05, 4.69) is 11.8 Å². The van der Waals surface area contributed by atoms with E-state index in [0.717, 1.165) is 25.9 Å². The highest BCUT2D eigenvalue weighted by Crippen LogP contribution is 2.14. The molecule has 1 aliphatic rings. The van der Waals surface area contributed by atoms with Crippen LogP contribution in [-0.4, -0.2) is 54.5 Å². The number of rotatable bonds is 5. The molecular weight excluding hydrogens is 269 g/mol. The fourth-order valence-corrected chi connectivity index (χ4v) is 2.93. The van der Waals surface area contributed by atoms with Crippen LogP contribution in [0.15, 0.2) is 24.3 Å². The van der Waals surface area contributed by atoms with Crippen LogP contribution in [0.5, 0.6) is 0 Å². The van der Waals surface area contributed by atoms with Gasteiger partial charge in [0.15, 0.2) is 0 Å². The summed E-state index contributed by atoms with van der Waals surface area (Å²) in [5.41, 5.74) is 6.08. The molecule has 1 atom stereocenters. The molecule has 1 fully saturated rings. The van der Waals surface area contributed by atoms with Crippen molar-refractivity contribution >= 4 is 5.91 Å². The van der Waals surface area contributed by atoms with Crippen molar-refractivity contribution in [3.63, 3.8) is 0 Å². The van der Waals surface area contributed by atoms with E-state index in [0.29, 0.717) is 31.2 Å². The number of benzene rings is 1. The Kier molecular flexibility index (Phi) is 5.70. The van der Waals surface area contributed by atoms with Gasteiger partial charge >= 0.3 is 0 Å². The molecule has 2 N–H and O–H groups in total. The van der Waals surface area contributed by atoms with E-state index in [1.54, 1.807) is 17.0 Å². The number of hydrogen-bond donors (Lipinski definition) is 1. The molecule has 21 heavy (non-hydrogen) atoms. The third-order valence-electron chi connectivity index (χ3n) is 4.16. The molecule has 0 spiro atoms. The third-order valence-corrected chi connectivity index (χ3v) is 4.16. The largest absolute Gasteiger partial charge is 0.336 e. The summed E-state index contributed by atoms with van der Waals surface area (Å²) in [5, 5.41) is 0. The fraction of sp³-hybridized carbons (Fsp3) is 0.562. The van der Waals surface area contributed by atoms with E-state index in [4.69, 9.17) is 5.73 Å². The van der Waals surface area contributed by atoms with Gasteiger partial charge in [0, 0.05) is 37.8 Å². The second-order valence-electron chi connectivity index (χ2n) is 5.48. The second kappa shape index (κ2) is 7.52. The molecule has 1 saturated heterocycles. The van der Waals surface area contributed by atoms with Gasteiger partial charge in [-0.25, -0.2) is 4.39 Å². The Hall–Kier alpha value is -1.46. The molecule has 1 aromatic carbocycles. The van der Waals surface area contributed by atoms with Gasteiger partial charge in [0.25, 0.3) is 5.91 Å². The Balaban J connectivity index is 1.93. The lowest BCUT2D eigenvalue weighted by Gasteiger charge is -2.39. The summed E-state index contributed by atoms with van der Waals surface area (Å²) in [7, 11) is 0. The molecule has 5 heteroatoms. The third kappa shape index (κ3) is 4.02. The lowest BCUT2D eigenvalue weighted by atomic mass is 10.1. The van der Waals surface area contributed by atoms with Crippen molar-refractivity contribution in [3.8, 4) is 0 Å². The predicted molar refractivity (Wildman–Crippen MR) is 81.6 cm³/mol. The molecule has 0 aliphatic carbocycles. The summed E-state index contributed by atoms with van der Waals surface area (Å²) in [6.45, 7) is 5.97. The normalized spacial score (nSPS) is 17.8. The van der Waals surface area contributed by atoms with Crippen LogP contribution in [0.4, 0.5) is 4.39 Å². The molecule has 1 aromatic rings. The SMILES string of the molecule is CCC(CCN)N1CCN(C(=O)c2cccc(F)c2)CC1. The van der Waals surface area contributed by atoms with Crippen molar-refractivity contribution in [1.29, 1.82) is 0 Å². The van der Waals surface area contributed by atoms with Crippen LogP contribution in [0.1, 0.15) is 30.1 Å². The molecule has 1 heterocycles. The molecule has 4 nitrogen and oxygen atoms in total. The predicted octanol–water partition coefficient (Wildman–Crippen LogP) is 1.71. The summed E-state index contributed by atoms with van der Waals surface area (Å²) < 4.78 is 13.2. The van der Waals surface area contributed by atoms with Crippen LogP contribution in [0.3, 0.4) is 0 Å². The summed E-state index contributed by atoms with van der Waals surface area (Å²) in [4.78, 5) is 16.6. The Morgan fingerprint density at radius 1 is 1.33 bits per heavy atom. The topological polar surface area (TPSA) is 49.6 Å². The molecule has 0 bridgehead atoms. The average molecular weight is 293 g/mol. The fourth-order valence-electron chi connectivity index (χ4n) is 2.93. The van der Waals surface area contributed by atoms with Crippen LogP contribution < -0.4 is 5.73 Å². The highest BCUT2D eigenvalue weighted by atomic mass is 19.1. The molecule has 2 rings (SSSR count). The van der Waals surface area contributed by atoms with Crippen LogP contribution in [0.25, 0.3) is 0 Å². The maximum Gasteiger partial charge on any atom is 0.254 e. The smallest absolute Gasteiger partial charge is 0.254 e. The van der Waals surface area contributed by atoms with E-state index in [-0.39, 0.29) is 11.7 Å². The number of nitrogens with zero attached hydrogens (tertiary/aromatic N) is 2. The van der Waals surface area contributed by atoms with Crippen molar-refractivity contribution in [2.24, 2.45) is 5.73 Å². The first-order valence-corrected chi connectivity index (χ1v) is 7.64. The average Bonchev–Trinajstić information content (AvgIpc) is 2.52. The number of halogens is 1. The van der Waals surface area contributed by atoms with E-state index >= 15 is 0 Å². The van der Waals surface area contributed by atoms with E-state index in [1.807, 2.05) is 0 Å². The molecule has 0 aromatic heterocycles. The standard InChI is InChI=1S/C16H24FN3O/c1-2-15(6-7-18)19-8-10-20(11-9-19)16(21)13-4-3-5-14(17)12-13/h3-5,12,15H,2,6-11,18H2,1H3. The quantitative estimate of drug-likeness (QED) is 0.899. The zero-order valence-electron chi connectivity index (χ0n) is 12.6. The second-order valence-corrected chi connectivity index (χ2v) is 5.48. The van der Waals surface area contributed by atoms with Crippen molar-refractivity contribution < 1.29 is 9.18 Å². The minimum Gasteiger partial charge on any atom is -0.336 e. The van der Waals surface area contributed by atoms with Gasteiger partial charge in [-0.2, -0.15) is 0 Å². The Morgan fingerprint density at radius 3 is 2.62 bits per heavy atom. The monoisotopic (exact) mass is 293 g/mol. The number of amides is 1. The number of carbonyl (C=O) groups is 1. The molecule has 1 unspecified atom stereocenters. The van der Waals surface area contributed by atoms with Crippen molar-refractivity contribution in [2.45, 2.75) is 25.8 Å². The maximum absolute atomic E-state index is 13.2. The Bertz CT molecular complexity index is 472. The van der Waals surface area contributed by atoms with Crippen LogP contribution in [-0.2, 0) is 0 Å². The summed E-state index contributed by atoms with van der Waals surface area (Å²) in [6.07, 6.45) is 2.07. The number of nitrogens with two attached hydrogens (primary N) is 1. The minimum absolute atomic E-state index is 0.0824. The molecule has 0 saturated carbocycles. The highest BCUT2D eigenvalue weighted by Gasteiger charge is 2.25. The van der Waals surface area contributed by atoms with E-state index < -0.39 is 0 Å². The Labute approximate surface area is 125 Å². The first kappa shape index (κ1) is 15.9. The highest BCUT2D eigenvalue weighted by molar-refractivity contribution is 5.94. The maximum atomic E-state index is 13.2. The number of carbonyl (C=O) groups excluding carboxylic acids is 1. The molecule has 1 amide bonds. The van der Waals surface area contributed by atoms with Crippen LogP contribution in [0, 0.1) is 5.82 Å². The van der Waals surface area contributed by atoms with E-state index in [9.17, 15) is 9.18 Å². The van der Waals surface area contributed by atoms with Gasteiger partial charge in [-0.05, 0) is 37.6 Å². The Morgan fingerprint density at radius 2 is 2.05 bits per heavy atom. The van der Waals surface area contributed by atoms with Gasteiger partial charge in [0.1, 0.15) is 5.82 Å². The number of piperazine rings is 1. The van der Waals surface area contributed by atoms with Gasteiger partial charge in [-0.3, -0.25) is 9.69 Å². The zero-order valence-corrected chi connectivity index (χ0v) is 12.6. The van der Waals surface area contributed by atoms with Gasteiger partial charge in [-0.15, -0.1) is 0 Å². The number of hydrogen-bond acceptors (Lipinski definition) is 3. The molecular formula is C16H24FN3O. The summed E-state index contributed by atoms with van der Waals surface area (Å²) in [6, 6.07) is 6.40. The molecule has 116 valence electrons. The zero-order chi connectivity index (χ0) is 15.2. The van der Waals surface area contributed by atoms with Crippen LogP contribution >= 0.6 is 0 Å². The van der Waals surface area contributed by atoms with Crippen LogP contribution in [0.2, 0.25) is 0 Å². The lowest BCUT2D eigenvalue weighted by Crippen LogP contribution is -2.52. The minimum atomic E-state index is -0.367. The van der Waals surface area contributed by atoms with Gasteiger partial charge in [0.2, 0.25) is 0 Å². The molecule has 0 radical (unpaired) electrons. The van der Waals surface area contributed by atoms with E-state index in [1.165, 1.54) is 12.1 Å². The van der Waals surface area contributed by atoms with Crippen molar-refractivity contribution in [1.82, 2.24) is 9.80 Å². The first-order chi connectivity index (χ1) is 10.2. The summed E-state index contributed by atoms with van der Waals surface area (Å²) >= 11 is 0. The molecule has 1 aliphatic heterocycles. The summed E-state index contributed by atoms with van der Waals surface area (Å²) in [5.74, 6) is -0.450. The van der Waals surface area contributed by atoms with Crippen molar-refractivity contribution in [2.75, 3.05) is 32.7 Å². The van der Waals surface area contributed by atoms with Gasteiger partial charge < -0.3 is 10.6 Å².